The van der Waals surface area contributed by atoms with Crippen molar-refractivity contribution in [2.24, 2.45) is 5.92 Å². The molecule has 1 fully saturated rings. The first-order chi connectivity index (χ1) is 8.95. The minimum atomic E-state index is -2.87. The monoisotopic (exact) mass is 335 g/mol. The molecule has 0 bridgehead atoms. The molecule has 0 aromatic heterocycles. The SMILES string of the molecule is O=C(O)C1CN(Cc2cc(Br)ccc2OC(F)F)C1. The topological polar surface area (TPSA) is 49.8 Å². The molecular formula is C12H12BrF2NO3. The molecule has 2 rings (SSSR count). The highest BCUT2D eigenvalue weighted by Crippen LogP contribution is 2.28. The van der Waals surface area contributed by atoms with Crippen LogP contribution in [0.3, 0.4) is 0 Å². The molecule has 1 aromatic rings. The summed E-state index contributed by atoms with van der Waals surface area (Å²) in [4.78, 5) is 12.6. The molecule has 7 heteroatoms. The number of likely N-dealkylation sites (tertiary alicyclic amines) is 1. The summed E-state index contributed by atoms with van der Waals surface area (Å²) >= 11 is 3.27. The molecule has 1 aliphatic heterocycles. The summed E-state index contributed by atoms with van der Waals surface area (Å²) in [5.41, 5.74) is 0.610. The van der Waals surface area contributed by atoms with Crippen LogP contribution < -0.4 is 4.74 Å². The lowest BCUT2D eigenvalue weighted by atomic mass is 9.99. The number of carboxylic acids is 1. The normalized spacial score (nSPS) is 16.4. The van der Waals surface area contributed by atoms with Crippen molar-refractivity contribution in [2.45, 2.75) is 13.2 Å². The highest BCUT2D eigenvalue weighted by molar-refractivity contribution is 9.10. The zero-order valence-corrected chi connectivity index (χ0v) is 11.4. The van der Waals surface area contributed by atoms with Crippen LogP contribution in [-0.2, 0) is 11.3 Å². The fourth-order valence-electron chi connectivity index (χ4n) is 1.98. The molecule has 104 valence electrons. The lowest BCUT2D eigenvalue weighted by Crippen LogP contribution is -2.49. The number of alkyl halides is 2. The van der Waals surface area contributed by atoms with E-state index in [1.54, 1.807) is 12.1 Å². The molecule has 4 nitrogen and oxygen atoms in total. The van der Waals surface area contributed by atoms with Crippen molar-refractivity contribution in [3.8, 4) is 5.75 Å². The molecule has 0 unspecified atom stereocenters. The van der Waals surface area contributed by atoms with Crippen LogP contribution in [0.25, 0.3) is 0 Å². The second kappa shape index (κ2) is 5.83. The summed E-state index contributed by atoms with van der Waals surface area (Å²) in [6, 6.07) is 4.79. The van der Waals surface area contributed by atoms with E-state index in [1.165, 1.54) is 6.07 Å². The van der Waals surface area contributed by atoms with Crippen LogP contribution in [0.5, 0.6) is 5.75 Å². The van der Waals surface area contributed by atoms with Crippen LogP contribution in [0, 0.1) is 5.92 Å². The Balaban J connectivity index is 2.03. The zero-order valence-electron chi connectivity index (χ0n) is 9.85. The average Bonchev–Trinajstić information content (AvgIpc) is 2.25. The third-order valence-electron chi connectivity index (χ3n) is 2.94. The van der Waals surface area contributed by atoms with Gasteiger partial charge in [0.15, 0.2) is 0 Å². The highest BCUT2D eigenvalue weighted by Gasteiger charge is 2.32. The molecule has 1 saturated heterocycles. The van der Waals surface area contributed by atoms with Crippen molar-refractivity contribution < 1.29 is 23.4 Å². The molecule has 19 heavy (non-hydrogen) atoms. The van der Waals surface area contributed by atoms with Gasteiger partial charge >= 0.3 is 12.6 Å². The zero-order chi connectivity index (χ0) is 14.0. The Morgan fingerprint density at radius 3 is 2.79 bits per heavy atom. The third kappa shape index (κ3) is 3.63. The number of carboxylic acid groups (broad SMARTS) is 1. The predicted molar refractivity (Wildman–Crippen MR) is 67.2 cm³/mol. The Labute approximate surface area is 117 Å². The van der Waals surface area contributed by atoms with Gasteiger partial charge in [0.1, 0.15) is 5.75 Å². The molecule has 0 aliphatic carbocycles. The Kier molecular flexibility index (Phi) is 4.36. The Hall–Kier alpha value is -1.21. The number of carbonyl (C=O) groups is 1. The number of hydrogen-bond donors (Lipinski definition) is 1. The fourth-order valence-corrected chi connectivity index (χ4v) is 2.39. The van der Waals surface area contributed by atoms with Gasteiger partial charge in [-0.2, -0.15) is 8.78 Å². The standard InChI is InChI=1S/C12H12BrF2NO3/c13-9-1-2-10(19-12(14)15)7(3-9)4-16-5-8(6-16)11(17)18/h1-3,8,12H,4-6H2,(H,17,18). The Morgan fingerprint density at radius 2 is 2.21 bits per heavy atom. The quantitative estimate of drug-likeness (QED) is 0.898. The van der Waals surface area contributed by atoms with Crippen molar-refractivity contribution in [3.63, 3.8) is 0 Å². The van der Waals surface area contributed by atoms with Crippen molar-refractivity contribution in [3.05, 3.63) is 28.2 Å². The maximum atomic E-state index is 12.3. The van der Waals surface area contributed by atoms with E-state index in [0.29, 0.717) is 25.2 Å². The van der Waals surface area contributed by atoms with Crippen molar-refractivity contribution in [2.75, 3.05) is 13.1 Å². The van der Waals surface area contributed by atoms with Gasteiger partial charge in [-0.05, 0) is 18.2 Å². The Morgan fingerprint density at radius 1 is 1.53 bits per heavy atom. The van der Waals surface area contributed by atoms with Gasteiger partial charge in [0.25, 0.3) is 0 Å². The van der Waals surface area contributed by atoms with Gasteiger partial charge in [-0.15, -0.1) is 0 Å². The van der Waals surface area contributed by atoms with E-state index in [0.717, 1.165) is 4.47 Å². The molecule has 1 heterocycles. The van der Waals surface area contributed by atoms with Crippen molar-refractivity contribution in [1.29, 1.82) is 0 Å². The lowest BCUT2D eigenvalue weighted by Gasteiger charge is -2.36. The van der Waals surface area contributed by atoms with Crippen LogP contribution >= 0.6 is 15.9 Å². The maximum Gasteiger partial charge on any atom is 0.387 e. The van der Waals surface area contributed by atoms with Crippen molar-refractivity contribution >= 4 is 21.9 Å². The summed E-state index contributed by atoms with van der Waals surface area (Å²) in [7, 11) is 0. The van der Waals surface area contributed by atoms with Gasteiger partial charge in [-0.25, -0.2) is 0 Å². The first kappa shape index (κ1) is 14.2. The minimum absolute atomic E-state index is 0.122. The molecule has 1 aromatic carbocycles. The number of halogens is 3. The number of benzene rings is 1. The van der Waals surface area contributed by atoms with Gasteiger partial charge < -0.3 is 9.84 Å². The van der Waals surface area contributed by atoms with E-state index < -0.39 is 12.6 Å². The van der Waals surface area contributed by atoms with E-state index in [1.807, 2.05) is 4.90 Å². The number of ether oxygens (including phenoxy) is 1. The van der Waals surface area contributed by atoms with Crippen LogP contribution in [0.1, 0.15) is 5.56 Å². The van der Waals surface area contributed by atoms with Crippen LogP contribution in [0.2, 0.25) is 0 Å². The van der Waals surface area contributed by atoms with Gasteiger partial charge in [0, 0.05) is 29.7 Å². The van der Waals surface area contributed by atoms with Crippen molar-refractivity contribution in [1.82, 2.24) is 4.90 Å². The molecular weight excluding hydrogens is 324 g/mol. The number of aliphatic carboxylic acids is 1. The summed E-state index contributed by atoms with van der Waals surface area (Å²) in [6.45, 7) is -1.62. The van der Waals surface area contributed by atoms with Gasteiger partial charge in [-0.3, -0.25) is 9.69 Å². The maximum absolute atomic E-state index is 12.3. The van der Waals surface area contributed by atoms with Crippen LogP contribution in [0.15, 0.2) is 22.7 Å². The molecule has 1 N–H and O–H groups in total. The summed E-state index contributed by atoms with van der Waals surface area (Å²) in [5.74, 6) is -1.07. The largest absolute Gasteiger partial charge is 0.481 e. The van der Waals surface area contributed by atoms with E-state index >= 15 is 0 Å². The highest BCUT2D eigenvalue weighted by atomic mass is 79.9. The molecule has 0 radical (unpaired) electrons. The summed E-state index contributed by atoms with van der Waals surface area (Å²) < 4.78 is 29.8. The lowest BCUT2D eigenvalue weighted by molar-refractivity contribution is -0.147. The second-order valence-corrected chi connectivity index (χ2v) is 5.28. The van der Waals surface area contributed by atoms with Crippen LogP contribution in [0.4, 0.5) is 8.78 Å². The van der Waals surface area contributed by atoms with Gasteiger partial charge in [0.05, 0.1) is 5.92 Å². The molecule has 0 saturated carbocycles. The molecule has 0 atom stereocenters. The third-order valence-corrected chi connectivity index (χ3v) is 3.43. The first-order valence-electron chi connectivity index (χ1n) is 5.64. The van der Waals surface area contributed by atoms with Gasteiger partial charge in [0.2, 0.25) is 0 Å². The van der Waals surface area contributed by atoms with E-state index in [4.69, 9.17) is 5.11 Å². The number of rotatable bonds is 5. The fraction of sp³-hybridized carbons (Fsp3) is 0.417. The Bertz CT molecular complexity index is 478. The summed E-state index contributed by atoms with van der Waals surface area (Å²) in [6.07, 6.45) is 0. The smallest absolute Gasteiger partial charge is 0.387 e. The van der Waals surface area contributed by atoms with Gasteiger partial charge in [-0.1, -0.05) is 15.9 Å². The first-order valence-corrected chi connectivity index (χ1v) is 6.43. The minimum Gasteiger partial charge on any atom is -0.481 e. The molecule has 0 amide bonds. The second-order valence-electron chi connectivity index (χ2n) is 4.36. The average molecular weight is 336 g/mol. The molecule has 1 aliphatic rings. The van der Waals surface area contributed by atoms with E-state index in [-0.39, 0.29) is 11.7 Å². The number of nitrogens with zero attached hydrogens (tertiary/aromatic N) is 1. The van der Waals surface area contributed by atoms with E-state index in [9.17, 15) is 13.6 Å². The van der Waals surface area contributed by atoms with Crippen LogP contribution in [-0.4, -0.2) is 35.7 Å². The molecule has 0 spiro atoms. The predicted octanol–water partition coefficient (Wildman–Crippen LogP) is 2.57. The number of hydrogen-bond acceptors (Lipinski definition) is 3. The summed E-state index contributed by atoms with van der Waals surface area (Å²) in [5, 5.41) is 8.78. The van der Waals surface area contributed by atoms with E-state index in [2.05, 4.69) is 20.7 Å².